The zero-order valence-electron chi connectivity index (χ0n) is 10.2. The number of carbonyl (C=O) groups excluding carboxylic acids is 1. The van der Waals surface area contributed by atoms with Gasteiger partial charge in [-0.15, -0.1) is 0 Å². The summed E-state index contributed by atoms with van der Waals surface area (Å²) in [4.78, 5) is 11.8. The number of rotatable bonds is 4. The zero-order chi connectivity index (χ0) is 12.2. The second-order valence-electron chi connectivity index (χ2n) is 4.62. The van der Waals surface area contributed by atoms with Gasteiger partial charge in [-0.05, 0) is 19.4 Å². The van der Waals surface area contributed by atoms with Crippen molar-refractivity contribution in [2.75, 3.05) is 6.54 Å². The molecule has 0 saturated heterocycles. The van der Waals surface area contributed by atoms with Crippen LogP contribution in [0.4, 0.5) is 0 Å². The summed E-state index contributed by atoms with van der Waals surface area (Å²) in [6, 6.07) is 9.91. The fourth-order valence-electron chi connectivity index (χ4n) is 1.47. The van der Waals surface area contributed by atoms with Crippen LogP contribution in [0.5, 0.6) is 0 Å². The number of hydrogen-bond acceptors (Lipinski definition) is 2. The van der Waals surface area contributed by atoms with Crippen LogP contribution in [0.15, 0.2) is 30.3 Å². The quantitative estimate of drug-likeness (QED) is 0.810. The lowest BCUT2D eigenvalue weighted by Crippen LogP contribution is -2.44. The van der Waals surface area contributed by atoms with Crippen LogP contribution in [-0.2, 0) is 10.3 Å². The summed E-state index contributed by atoms with van der Waals surface area (Å²) in [5.74, 6) is -0.153. The van der Waals surface area contributed by atoms with Gasteiger partial charge in [-0.2, -0.15) is 0 Å². The standard InChI is InChI=1S/C13H20N2O/c1-10(9-14)12(16)15-13(2,3)11-7-5-4-6-8-11/h4-8,10H,9,14H2,1-3H3,(H,15,16). The Labute approximate surface area is 97.0 Å². The summed E-state index contributed by atoms with van der Waals surface area (Å²) >= 11 is 0. The lowest BCUT2D eigenvalue weighted by molar-refractivity contribution is -0.125. The molecule has 0 heterocycles. The summed E-state index contributed by atoms with van der Waals surface area (Å²) in [5, 5.41) is 3.00. The van der Waals surface area contributed by atoms with Crippen LogP contribution in [0.2, 0.25) is 0 Å². The molecule has 3 nitrogen and oxygen atoms in total. The van der Waals surface area contributed by atoms with E-state index in [1.54, 1.807) is 0 Å². The molecule has 1 aromatic rings. The lowest BCUT2D eigenvalue weighted by atomic mass is 9.93. The van der Waals surface area contributed by atoms with E-state index in [9.17, 15) is 4.79 Å². The molecule has 1 aromatic carbocycles. The highest BCUT2D eigenvalue weighted by molar-refractivity contribution is 5.79. The van der Waals surface area contributed by atoms with Crippen LogP contribution in [-0.4, -0.2) is 12.5 Å². The molecular formula is C13H20N2O. The third kappa shape index (κ3) is 3.07. The minimum atomic E-state index is -0.359. The van der Waals surface area contributed by atoms with Gasteiger partial charge in [0.1, 0.15) is 0 Å². The maximum Gasteiger partial charge on any atom is 0.224 e. The Morgan fingerprint density at radius 3 is 2.44 bits per heavy atom. The molecule has 1 rings (SSSR count). The number of carbonyl (C=O) groups is 1. The summed E-state index contributed by atoms with van der Waals surface area (Å²) in [5.41, 5.74) is 6.20. The van der Waals surface area contributed by atoms with Crippen molar-refractivity contribution in [3.8, 4) is 0 Å². The van der Waals surface area contributed by atoms with Crippen LogP contribution >= 0.6 is 0 Å². The average molecular weight is 220 g/mol. The van der Waals surface area contributed by atoms with Crippen LogP contribution in [0.1, 0.15) is 26.3 Å². The number of benzene rings is 1. The molecule has 16 heavy (non-hydrogen) atoms. The highest BCUT2D eigenvalue weighted by Crippen LogP contribution is 2.19. The first-order valence-corrected chi connectivity index (χ1v) is 5.55. The summed E-state index contributed by atoms with van der Waals surface area (Å²) in [6.45, 7) is 6.18. The van der Waals surface area contributed by atoms with Crippen LogP contribution in [0, 0.1) is 5.92 Å². The Balaban J connectivity index is 2.76. The first kappa shape index (κ1) is 12.7. The molecule has 1 amide bonds. The Kier molecular flexibility index (Phi) is 4.07. The van der Waals surface area contributed by atoms with Gasteiger partial charge >= 0.3 is 0 Å². The smallest absolute Gasteiger partial charge is 0.224 e. The highest BCUT2D eigenvalue weighted by Gasteiger charge is 2.24. The Hall–Kier alpha value is -1.35. The topological polar surface area (TPSA) is 55.1 Å². The summed E-state index contributed by atoms with van der Waals surface area (Å²) in [7, 11) is 0. The van der Waals surface area contributed by atoms with Crippen molar-refractivity contribution >= 4 is 5.91 Å². The average Bonchev–Trinajstić information content (AvgIpc) is 2.28. The van der Waals surface area contributed by atoms with Crippen molar-refractivity contribution in [2.24, 2.45) is 11.7 Å². The third-order valence-electron chi connectivity index (χ3n) is 2.73. The highest BCUT2D eigenvalue weighted by atomic mass is 16.2. The molecule has 0 saturated carbocycles. The van der Waals surface area contributed by atoms with E-state index in [1.165, 1.54) is 0 Å². The van der Waals surface area contributed by atoms with Crippen molar-refractivity contribution in [1.82, 2.24) is 5.32 Å². The predicted octanol–water partition coefficient (Wildman–Crippen LogP) is 1.63. The predicted molar refractivity (Wildman–Crippen MR) is 65.8 cm³/mol. The number of hydrogen-bond donors (Lipinski definition) is 2. The normalized spacial score (nSPS) is 13.2. The van der Waals surface area contributed by atoms with Gasteiger partial charge in [-0.25, -0.2) is 0 Å². The molecule has 0 bridgehead atoms. The van der Waals surface area contributed by atoms with E-state index >= 15 is 0 Å². The SMILES string of the molecule is CC(CN)C(=O)NC(C)(C)c1ccccc1. The van der Waals surface area contributed by atoms with E-state index < -0.39 is 0 Å². The van der Waals surface area contributed by atoms with Gasteiger partial charge in [-0.3, -0.25) is 4.79 Å². The van der Waals surface area contributed by atoms with Gasteiger partial charge in [0.15, 0.2) is 0 Å². The molecule has 0 spiro atoms. The van der Waals surface area contributed by atoms with E-state index in [2.05, 4.69) is 5.32 Å². The van der Waals surface area contributed by atoms with E-state index in [0.29, 0.717) is 6.54 Å². The lowest BCUT2D eigenvalue weighted by Gasteiger charge is -2.28. The number of nitrogens with two attached hydrogens (primary N) is 1. The molecule has 0 aliphatic rings. The maximum atomic E-state index is 11.8. The fourth-order valence-corrected chi connectivity index (χ4v) is 1.47. The van der Waals surface area contributed by atoms with Gasteiger partial charge in [0.2, 0.25) is 5.91 Å². The first-order valence-electron chi connectivity index (χ1n) is 5.55. The molecule has 3 heteroatoms. The minimum absolute atomic E-state index is 0.00338. The molecule has 0 aliphatic heterocycles. The first-order chi connectivity index (χ1) is 7.47. The molecule has 0 fully saturated rings. The number of amides is 1. The van der Waals surface area contributed by atoms with Crippen molar-refractivity contribution in [3.05, 3.63) is 35.9 Å². The van der Waals surface area contributed by atoms with Gasteiger partial charge in [0.05, 0.1) is 5.54 Å². The molecule has 1 unspecified atom stereocenters. The molecule has 3 N–H and O–H groups in total. The zero-order valence-corrected chi connectivity index (χ0v) is 10.2. The Bertz CT molecular complexity index is 346. The Morgan fingerprint density at radius 2 is 1.94 bits per heavy atom. The van der Waals surface area contributed by atoms with Crippen molar-refractivity contribution in [2.45, 2.75) is 26.3 Å². The van der Waals surface area contributed by atoms with Crippen LogP contribution < -0.4 is 11.1 Å². The summed E-state index contributed by atoms with van der Waals surface area (Å²) < 4.78 is 0. The van der Waals surface area contributed by atoms with E-state index in [1.807, 2.05) is 51.1 Å². The van der Waals surface area contributed by atoms with Crippen molar-refractivity contribution < 1.29 is 4.79 Å². The molecule has 88 valence electrons. The van der Waals surface area contributed by atoms with E-state index in [0.717, 1.165) is 5.56 Å². The molecule has 1 atom stereocenters. The van der Waals surface area contributed by atoms with Gasteiger partial charge in [-0.1, -0.05) is 37.3 Å². The molecule has 0 aromatic heterocycles. The monoisotopic (exact) mass is 220 g/mol. The second kappa shape index (κ2) is 5.12. The molecular weight excluding hydrogens is 200 g/mol. The molecule has 0 aliphatic carbocycles. The largest absolute Gasteiger partial charge is 0.347 e. The van der Waals surface area contributed by atoms with E-state index in [-0.39, 0.29) is 17.4 Å². The van der Waals surface area contributed by atoms with E-state index in [4.69, 9.17) is 5.73 Å². The maximum absolute atomic E-state index is 11.8. The molecule has 0 radical (unpaired) electrons. The number of nitrogens with one attached hydrogen (secondary N) is 1. The summed E-state index contributed by atoms with van der Waals surface area (Å²) in [6.07, 6.45) is 0. The van der Waals surface area contributed by atoms with Crippen LogP contribution in [0.3, 0.4) is 0 Å². The Morgan fingerprint density at radius 1 is 1.38 bits per heavy atom. The minimum Gasteiger partial charge on any atom is -0.347 e. The van der Waals surface area contributed by atoms with Crippen molar-refractivity contribution in [1.29, 1.82) is 0 Å². The van der Waals surface area contributed by atoms with Crippen LogP contribution in [0.25, 0.3) is 0 Å². The van der Waals surface area contributed by atoms with Crippen molar-refractivity contribution in [3.63, 3.8) is 0 Å². The second-order valence-corrected chi connectivity index (χ2v) is 4.62. The third-order valence-corrected chi connectivity index (χ3v) is 2.73. The van der Waals surface area contributed by atoms with Gasteiger partial charge in [0.25, 0.3) is 0 Å². The fraction of sp³-hybridized carbons (Fsp3) is 0.462. The van der Waals surface area contributed by atoms with Gasteiger partial charge in [0, 0.05) is 12.5 Å². The van der Waals surface area contributed by atoms with Gasteiger partial charge < -0.3 is 11.1 Å².